The number of carboxylic acids is 1. The van der Waals surface area contributed by atoms with E-state index in [9.17, 15) is 4.79 Å². The first-order valence-corrected chi connectivity index (χ1v) is 6.55. The molecule has 0 saturated carbocycles. The van der Waals surface area contributed by atoms with Crippen LogP contribution in [-0.2, 0) is 0 Å². The van der Waals surface area contributed by atoms with Crippen LogP contribution in [0.3, 0.4) is 0 Å². The van der Waals surface area contributed by atoms with Gasteiger partial charge >= 0.3 is 5.97 Å². The number of rotatable bonds is 3. The number of hydrogen-bond acceptors (Lipinski definition) is 3. The van der Waals surface area contributed by atoms with Gasteiger partial charge in [-0.1, -0.05) is 12.1 Å². The molecule has 1 aromatic carbocycles. The van der Waals surface area contributed by atoms with Crippen LogP contribution in [0.25, 0.3) is 22.0 Å². The van der Waals surface area contributed by atoms with Gasteiger partial charge in [-0.25, -0.2) is 9.78 Å². The molecule has 0 saturated heterocycles. The summed E-state index contributed by atoms with van der Waals surface area (Å²) in [6.07, 6.45) is 1.85. The maximum absolute atomic E-state index is 11.0. The van der Waals surface area contributed by atoms with Gasteiger partial charge in [0.15, 0.2) is 0 Å². The van der Waals surface area contributed by atoms with Crippen LogP contribution in [0.5, 0.6) is 0 Å². The van der Waals surface area contributed by atoms with Crippen LogP contribution in [0.4, 0.5) is 0 Å². The monoisotopic (exact) mass is 270 g/mol. The van der Waals surface area contributed by atoms with E-state index < -0.39 is 5.97 Å². The quantitative estimate of drug-likeness (QED) is 0.765. The normalized spacial score (nSPS) is 10.5. The summed E-state index contributed by atoms with van der Waals surface area (Å²) < 4.78 is 0. The van der Waals surface area contributed by atoms with Crippen LogP contribution in [0, 0.1) is 0 Å². The fraction of sp³-hybridized carbons (Fsp3) is 0. The molecule has 3 rings (SSSR count). The molecule has 4 nitrogen and oxygen atoms in total. The molecule has 0 spiro atoms. The van der Waals surface area contributed by atoms with Gasteiger partial charge in [-0.2, -0.15) is 0 Å². The summed E-state index contributed by atoms with van der Waals surface area (Å²) in [5.74, 6) is -0.929. The Balaban J connectivity index is 1.99. The largest absolute Gasteiger partial charge is 0.478 e. The Morgan fingerprint density at radius 2 is 2.16 bits per heavy atom. The average Bonchev–Trinajstić information content (AvgIpc) is 3.09. The van der Waals surface area contributed by atoms with Crippen molar-refractivity contribution >= 4 is 17.3 Å². The maximum atomic E-state index is 11.0. The van der Waals surface area contributed by atoms with Gasteiger partial charge in [0.1, 0.15) is 5.01 Å². The van der Waals surface area contributed by atoms with E-state index in [1.54, 1.807) is 18.2 Å². The van der Waals surface area contributed by atoms with Crippen molar-refractivity contribution in [3.8, 4) is 22.0 Å². The number of H-pyrrole nitrogens is 1. The highest BCUT2D eigenvalue weighted by molar-refractivity contribution is 7.13. The highest BCUT2D eigenvalue weighted by Crippen LogP contribution is 2.28. The molecule has 0 radical (unpaired) electrons. The van der Waals surface area contributed by atoms with E-state index in [0.717, 1.165) is 22.0 Å². The van der Waals surface area contributed by atoms with E-state index in [2.05, 4.69) is 9.97 Å². The highest BCUT2D eigenvalue weighted by Gasteiger charge is 2.09. The predicted molar refractivity (Wildman–Crippen MR) is 74.3 cm³/mol. The molecule has 0 aliphatic carbocycles. The van der Waals surface area contributed by atoms with Crippen molar-refractivity contribution in [2.24, 2.45) is 0 Å². The standard InChI is InChI=1S/C14H10N2O2S/c17-14(18)10-4-1-3-9(7-10)12-8-19-13(16-12)11-5-2-6-15-11/h1-8,15H,(H,17,18). The van der Waals surface area contributed by atoms with E-state index in [-0.39, 0.29) is 5.56 Å². The predicted octanol–water partition coefficient (Wildman–Crippen LogP) is 3.50. The Bertz CT molecular complexity index is 717. The number of aromatic nitrogens is 2. The average molecular weight is 270 g/mol. The molecule has 0 unspecified atom stereocenters. The van der Waals surface area contributed by atoms with E-state index in [1.807, 2.05) is 29.8 Å². The number of thiazole rings is 1. The number of aromatic carboxylic acids is 1. The van der Waals surface area contributed by atoms with Crippen molar-refractivity contribution in [3.63, 3.8) is 0 Å². The molecule has 94 valence electrons. The Labute approximate surface area is 113 Å². The number of nitrogens with one attached hydrogen (secondary N) is 1. The third-order valence-electron chi connectivity index (χ3n) is 2.74. The van der Waals surface area contributed by atoms with Crippen LogP contribution in [-0.4, -0.2) is 21.0 Å². The first kappa shape index (κ1) is 11.7. The molecule has 0 atom stereocenters. The first-order chi connectivity index (χ1) is 9.24. The number of hydrogen-bond donors (Lipinski definition) is 2. The topological polar surface area (TPSA) is 66.0 Å². The third-order valence-corrected chi connectivity index (χ3v) is 3.61. The van der Waals surface area contributed by atoms with Crippen molar-refractivity contribution in [1.82, 2.24) is 9.97 Å². The summed E-state index contributed by atoms with van der Waals surface area (Å²) in [4.78, 5) is 18.6. The Morgan fingerprint density at radius 3 is 2.89 bits per heavy atom. The minimum atomic E-state index is -0.929. The van der Waals surface area contributed by atoms with E-state index in [4.69, 9.17) is 5.11 Å². The molecule has 2 heterocycles. The second-order valence-electron chi connectivity index (χ2n) is 4.01. The second kappa shape index (κ2) is 4.70. The number of nitrogens with zero attached hydrogens (tertiary/aromatic N) is 1. The van der Waals surface area contributed by atoms with Gasteiger partial charge in [0, 0.05) is 17.1 Å². The number of carboxylic acid groups (broad SMARTS) is 1. The molecule has 0 aliphatic heterocycles. The van der Waals surface area contributed by atoms with Crippen LogP contribution in [0.15, 0.2) is 48.0 Å². The Hall–Kier alpha value is -2.40. The van der Waals surface area contributed by atoms with Gasteiger partial charge in [0.2, 0.25) is 0 Å². The molecule has 19 heavy (non-hydrogen) atoms. The van der Waals surface area contributed by atoms with Crippen molar-refractivity contribution < 1.29 is 9.90 Å². The van der Waals surface area contributed by atoms with Gasteiger partial charge in [-0.15, -0.1) is 11.3 Å². The Kier molecular flexibility index (Phi) is 2.89. The van der Waals surface area contributed by atoms with Gasteiger partial charge in [-0.05, 0) is 24.3 Å². The lowest BCUT2D eigenvalue weighted by atomic mass is 10.1. The number of aromatic amines is 1. The van der Waals surface area contributed by atoms with Gasteiger partial charge in [0.25, 0.3) is 0 Å². The summed E-state index contributed by atoms with van der Waals surface area (Å²) >= 11 is 1.53. The van der Waals surface area contributed by atoms with Gasteiger partial charge < -0.3 is 10.1 Å². The summed E-state index contributed by atoms with van der Waals surface area (Å²) in [5.41, 5.74) is 2.84. The SMILES string of the molecule is O=C(O)c1cccc(-c2csc(-c3ccc[nH]3)n2)c1. The molecular formula is C14H10N2O2S. The van der Waals surface area contributed by atoms with E-state index in [0.29, 0.717) is 0 Å². The summed E-state index contributed by atoms with van der Waals surface area (Å²) in [6.45, 7) is 0. The molecule has 2 aromatic heterocycles. The van der Waals surface area contributed by atoms with Crippen molar-refractivity contribution in [3.05, 3.63) is 53.5 Å². The van der Waals surface area contributed by atoms with Crippen LogP contribution in [0.2, 0.25) is 0 Å². The van der Waals surface area contributed by atoms with Crippen LogP contribution >= 0.6 is 11.3 Å². The minimum absolute atomic E-state index is 0.270. The van der Waals surface area contributed by atoms with E-state index in [1.165, 1.54) is 11.3 Å². The van der Waals surface area contributed by atoms with Crippen LogP contribution < -0.4 is 0 Å². The lowest BCUT2D eigenvalue weighted by Crippen LogP contribution is -1.95. The third kappa shape index (κ3) is 2.28. The lowest BCUT2D eigenvalue weighted by Gasteiger charge is -1.98. The second-order valence-corrected chi connectivity index (χ2v) is 4.87. The zero-order valence-electron chi connectivity index (χ0n) is 9.83. The van der Waals surface area contributed by atoms with Crippen molar-refractivity contribution in [2.45, 2.75) is 0 Å². The zero-order chi connectivity index (χ0) is 13.2. The lowest BCUT2D eigenvalue weighted by molar-refractivity contribution is 0.0697. The molecular weight excluding hydrogens is 260 g/mol. The minimum Gasteiger partial charge on any atom is -0.478 e. The van der Waals surface area contributed by atoms with Gasteiger partial charge in [-0.3, -0.25) is 0 Å². The molecule has 3 aromatic rings. The van der Waals surface area contributed by atoms with Crippen molar-refractivity contribution in [1.29, 1.82) is 0 Å². The smallest absolute Gasteiger partial charge is 0.335 e. The molecule has 2 N–H and O–H groups in total. The highest BCUT2D eigenvalue weighted by atomic mass is 32.1. The fourth-order valence-electron chi connectivity index (χ4n) is 1.80. The maximum Gasteiger partial charge on any atom is 0.335 e. The zero-order valence-corrected chi connectivity index (χ0v) is 10.6. The first-order valence-electron chi connectivity index (χ1n) is 5.67. The van der Waals surface area contributed by atoms with E-state index >= 15 is 0 Å². The molecule has 0 bridgehead atoms. The Morgan fingerprint density at radius 1 is 1.26 bits per heavy atom. The fourth-order valence-corrected chi connectivity index (χ4v) is 2.62. The summed E-state index contributed by atoms with van der Waals surface area (Å²) in [5, 5.41) is 11.8. The molecule has 0 amide bonds. The van der Waals surface area contributed by atoms with Crippen molar-refractivity contribution in [2.75, 3.05) is 0 Å². The van der Waals surface area contributed by atoms with Crippen LogP contribution in [0.1, 0.15) is 10.4 Å². The number of benzene rings is 1. The molecule has 5 heteroatoms. The summed E-state index contributed by atoms with van der Waals surface area (Å²) in [7, 11) is 0. The number of carbonyl (C=O) groups is 1. The molecule has 0 fully saturated rings. The summed E-state index contributed by atoms with van der Waals surface area (Å²) in [6, 6.07) is 10.7. The van der Waals surface area contributed by atoms with Gasteiger partial charge in [0.05, 0.1) is 17.0 Å². The molecule has 0 aliphatic rings.